The smallest absolute Gasteiger partial charge is 0.0492 e. The first-order chi connectivity index (χ1) is 22.3. The molecule has 0 bridgehead atoms. The zero-order valence-corrected chi connectivity index (χ0v) is 32.0. The van der Waals surface area contributed by atoms with Gasteiger partial charge in [-0.05, 0) is 126 Å². The van der Waals surface area contributed by atoms with E-state index in [1.54, 1.807) is 5.56 Å². The van der Waals surface area contributed by atoms with E-state index in [0.29, 0.717) is 0 Å². The Morgan fingerprint density at radius 2 is 1.10 bits per heavy atom. The predicted molar refractivity (Wildman–Crippen MR) is 209 cm³/mol. The SMILES string of the molecule is Cc1cc(N(c2ccc(C(C)(C)C)cc2)c2cc(C(C)(C)C)cc(C(C)(C)C)c2)cc(N2c3ccccc3C3(CCCCC3)C2(C)C)c1. The second-order valence-electron chi connectivity index (χ2n) is 18.5. The van der Waals surface area contributed by atoms with Gasteiger partial charge >= 0.3 is 0 Å². The van der Waals surface area contributed by atoms with Crippen molar-refractivity contribution in [3.63, 3.8) is 0 Å². The lowest BCUT2D eigenvalue weighted by molar-refractivity contribution is 0.199. The molecule has 2 heteroatoms. The average Bonchev–Trinajstić information content (AvgIpc) is 3.18. The van der Waals surface area contributed by atoms with Gasteiger partial charge < -0.3 is 9.80 Å². The topological polar surface area (TPSA) is 6.48 Å². The number of hydrogen-bond donors (Lipinski definition) is 0. The van der Waals surface area contributed by atoms with Crippen LogP contribution in [0.4, 0.5) is 28.4 Å². The second-order valence-corrected chi connectivity index (χ2v) is 18.5. The maximum atomic E-state index is 2.69. The van der Waals surface area contributed by atoms with Crippen molar-refractivity contribution in [1.82, 2.24) is 0 Å². The molecule has 1 fully saturated rings. The van der Waals surface area contributed by atoms with Crippen molar-refractivity contribution >= 4 is 28.4 Å². The van der Waals surface area contributed by atoms with Crippen LogP contribution >= 0.6 is 0 Å². The molecule has 6 rings (SSSR count). The fourth-order valence-electron chi connectivity index (χ4n) is 8.58. The highest BCUT2D eigenvalue weighted by Crippen LogP contribution is 2.60. The summed E-state index contributed by atoms with van der Waals surface area (Å²) in [7, 11) is 0. The summed E-state index contributed by atoms with van der Waals surface area (Å²) in [6, 6.07) is 33.1. The first-order valence-electron chi connectivity index (χ1n) is 18.4. The van der Waals surface area contributed by atoms with Crippen LogP contribution in [0, 0.1) is 6.92 Å². The molecule has 1 saturated carbocycles. The molecule has 48 heavy (non-hydrogen) atoms. The van der Waals surface area contributed by atoms with Crippen LogP contribution in [-0.4, -0.2) is 5.54 Å². The van der Waals surface area contributed by atoms with E-state index in [2.05, 4.69) is 178 Å². The molecule has 0 atom stereocenters. The fraction of sp³-hybridized carbons (Fsp3) is 0.478. The molecule has 1 heterocycles. The molecule has 0 amide bonds. The van der Waals surface area contributed by atoms with Crippen molar-refractivity contribution in [2.75, 3.05) is 9.80 Å². The van der Waals surface area contributed by atoms with Crippen LogP contribution in [-0.2, 0) is 21.7 Å². The first kappa shape index (κ1) is 34.3. The van der Waals surface area contributed by atoms with E-state index in [1.807, 2.05) is 0 Å². The van der Waals surface area contributed by atoms with Crippen molar-refractivity contribution in [2.45, 2.75) is 142 Å². The Balaban J connectivity index is 1.58. The van der Waals surface area contributed by atoms with Crippen LogP contribution in [0.1, 0.15) is 136 Å². The number of rotatable bonds is 4. The number of anilines is 5. The largest absolute Gasteiger partial charge is 0.335 e. The molecule has 2 aliphatic rings. The number of aryl methyl sites for hydroxylation is 1. The highest BCUT2D eigenvalue weighted by Gasteiger charge is 2.56. The van der Waals surface area contributed by atoms with E-state index in [-0.39, 0.29) is 27.2 Å². The Bertz CT molecular complexity index is 1750. The lowest BCUT2D eigenvalue weighted by Crippen LogP contribution is -2.52. The molecular formula is C46H60N2. The molecule has 0 aromatic heterocycles. The van der Waals surface area contributed by atoms with Gasteiger partial charge in [-0.2, -0.15) is 0 Å². The highest BCUT2D eigenvalue weighted by molar-refractivity contribution is 5.83. The van der Waals surface area contributed by atoms with Gasteiger partial charge in [0.15, 0.2) is 0 Å². The second kappa shape index (κ2) is 11.8. The zero-order valence-electron chi connectivity index (χ0n) is 32.0. The monoisotopic (exact) mass is 640 g/mol. The Morgan fingerprint density at radius 1 is 0.562 bits per heavy atom. The van der Waals surface area contributed by atoms with Gasteiger partial charge in [0.25, 0.3) is 0 Å². The third-order valence-corrected chi connectivity index (χ3v) is 11.6. The number of benzene rings is 4. The van der Waals surface area contributed by atoms with Gasteiger partial charge in [0, 0.05) is 39.4 Å². The first-order valence-corrected chi connectivity index (χ1v) is 18.4. The standard InChI is InChI=1S/C46H60N2/c1-32-26-37(31-39(27-32)48-41-19-15-14-18-40(41)46(45(48,11)12)24-16-13-17-25-46)47(36-22-20-33(21-23-36)42(2,3)4)38-29-34(43(5,6)7)28-35(30-38)44(8,9)10/h14-15,18-23,26-31H,13,16-17,24-25H2,1-12H3. The summed E-state index contributed by atoms with van der Waals surface area (Å²) in [6.45, 7) is 28.2. The minimum Gasteiger partial charge on any atom is -0.335 e. The molecule has 1 aliphatic carbocycles. The van der Waals surface area contributed by atoms with E-state index in [9.17, 15) is 0 Å². The van der Waals surface area contributed by atoms with Gasteiger partial charge in [0.2, 0.25) is 0 Å². The molecule has 0 radical (unpaired) electrons. The quantitative estimate of drug-likeness (QED) is 0.219. The lowest BCUT2D eigenvalue weighted by atomic mass is 9.61. The third-order valence-electron chi connectivity index (χ3n) is 11.6. The molecule has 4 aromatic carbocycles. The van der Waals surface area contributed by atoms with E-state index >= 15 is 0 Å². The summed E-state index contributed by atoms with van der Waals surface area (Å²) in [5.74, 6) is 0. The maximum Gasteiger partial charge on any atom is 0.0492 e. The summed E-state index contributed by atoms with van der Waals surface area (Å²) < 4.78 is 0. The van der Waals surface area contributed by atoms with Crippen LogP contribution in [0.5, 0.6) is 0 Å². The van der Waals surface area contributed by atoms with Crippen LogP contribution in [0.15, 0.2) is 84.9 Å². The third kappa shape index (κ3) is 5.99. The Morgan fingerprint density at radius 3 is 1.67 bits per heavy atom. The zero-order chi connectivity index (χ0) is 34.9. The van der Waals surface area contributed by atoms with Crippen LogP contribution in [0.3, 0.4) is 0 Å². The molecule has 1 aliphatic heterocycles. The van der Waals surface area contributed by atoms with Crippen molar-refractivity contribution in [3.05, 3.63) is 113 Å². The average molecular weight is 641 g/mol. The van der Waals surface area contributed by atoms with E-state index < -0.39 is 0 Å². The molecule has 0 saturated heterocycles. The van der Waals surface area contributed by atoms with Crippen LogP contribution in [0.2, 0.25) is 0 Å². The number of nitrogens with zero attached hydrogens (tertiary/aromatic N) is 2. The summed E-state index contributed by atoms with van der Waals surface area (Å²) >= 11 is 0. The van der Waals surface area contributed by atoms with Gasteiger partial charge in [-0.15, -0.1) is 0 Å². The number of fused-ring (bicyclic) bond motifs is 2. The fourth-order valence-corrected chi connectivity index (χ4v) is 8.58. The van der Waals surface area contributed by atoms with Gasteiger partial charge in [0.1, 0.15) is 0 Å². The molecule has 0 unspecified atom stereocenters. The van der Waals surface area contributed by atoms with E-state index in [4.69, 9.17) is 0 Å². The van der Waals surface area contributed by atoms with Crippen molar-refractivity contribution in [3.8, 4) is 0 Å². The van der Waals surface area contributed by atoms with Crippen molar-refractivity contribution in [1.29, 1.82) is 0 Å². The Labute approximate surface area is 292 Å². The van der Waals surface area contributed by atoms with Crippen molar-refractivity contribution in [2.24, 2.45) is 0 Å². The summed E-state index contributed by atoms with van der Waals surface area (Å²) in [4.78, 5) is 5.20. The van der Waals surface area contributed by atoms with E-state index in [0.717, 1.165) is 0 Å². The molecule has 1 spiro atoms. The van der Waals surface area contributed by atoms with Crippen LogP contribution in [0.25, 0.3) is 0 Å². The molecule has 4 aromatic rings. The molecule has 2 nitrogen and oxygen atoms in total. The summed E-state index contributed by atoms with van der Waals surface area (Å²) in [5, 5.41) is 0. The number of hydrogen-bond acceptors (Lipinski definition) is 2. The van der Waals surface area contributed by atoms with Crippen LogP contribution < -0.4 is 9.80 Å². The lowest BCUT2D eigenvalue weighted by Gasteiger charge is -2.49. The summed E-state index contributed by atoms with van der Waals surface area (Å²) in [5.41, 5.74) is 13.4. The Hall–Kier alpha value is -3.52. The molecule has 254 valence electrons. The predicted octanol–water partition coefficient (Wildman–Crippen LogP) is 13.5. The molecule has 0 N–H and O–H groups in total. The normalized spacial score (nSPS) is 17.5. The summed E-state index contributed by atoms with van der Waals surface area (Å²) in [6.07, 6.45) is 6.48. The minimum absolute atomic E-state index is 0.0210. The van der Waals surface area contributed by atoms with E-state index in [1.165, 1.54) is 82.8 Å². The van der Waals surface area contributed by atoms with Gasteiger partial charge in [-0.1, -0.05) is 118 Å². The van der Waals surface area contributed by atoms with Gasteiger partial charge in [0.05, 0.1) is 0 Å². The van der Waals surface area contributed by atoms with Gasteiger partial charge in [-0.25, -0.2) is 0 Å². The van der Waals surface area contributed by atoms with Crippen molar-refractivity contribution < 1.29 is 0 Å². The minimum atomic E-state index is -0.0487. The Kier molecular flexibility index (Phi) is 8.46. The highest BCUT2D eigenvalue weighted by atomic mass is 15.3. The molecular weight excluding hydrogens is 581 g/mol. The maximum absolute atomic E-state index is 2.69. The number of para-hydroxylation sites is 1. The van der Waals surface area contributed by atoms with Gasteiger partial charge in [-0.3, -0.25) is 0 Å².